The van der Waals surface area contributed by atoms with E-state index in [4.69, 9.17) is 5.11 Å². The molecule has 0 heterocycles. The number of fused-ring (bicyclic) bond motifs is 1. The predicted molar refractivity (Wildman–Crippen MR) is 69.9 cm³/mol. The van der Waals surface area contributed by atoms with Crippen molar-refractivity contribution in [2.24, 2.45) is 0 Å². The second kappa shape index (κ2) is 3.88. The zero-order valence-corrected chi connectivity index (χ0v) is 10.6. The summed E-state index contributed by atoms with van der Waals surface area (Å²) in [5.74, 6) is -0.873. The fourth-order valence-corrected chi connectivity index (χ4v) is 2.28. The Labute approximate surface area is 101 Å². The number of hydrogen-bond acceptors (Lipinski definition) is 1. The Morgan fingerprint density at radius 1 is 0.882 bits per heavy atom. The van der Waals surface area contributed by atoms with E-state index < -0.39 is 5.97 Å². The summed E-state index contributed by atoms with van der Waals surface area (Å²) in [6.45, 7) is 8.34. The van der Waals surface area contributed by atoms with Crippen LogP contribution in [-0.2, 0) is 0 Å². The third kappa shape index (κ3) is 1.70. The lowest BCUT2D eigenvalue weighted by Crippen LogP contribution is -1.99. The molecule has 2 rings (SSSR count). The number of aryl methyl sites for hydroxylation is 2. The van der Waals surface area contributed by atoms with Crippen molar-refractivity contribution in [3.8, 4) is 0 Å². The Kier molecular flexibility index (Phi) is 2.66. The number of carboxylic acid groups (broad SMARTS) is 1. The standard InChI is InChI=1S/C15H16O2/c1-8-9(2)11(4)14-7-12(15(16)17)5-6-13(14)10(8)3/h5-7H,1-4H3,(H,16,17). The summed E-state index contributed by atoms with van der Waals surface area (Å²) < 4.78 is 0. The average Bonchev–Trinajstić information content (AvgIpc) is 2.32. The van der Waals surface area contributed by atoms with E-state index in [-0.39, 0.29) is 0 Å². The molecule has 0 bridgehead atoms. The molecular weight excluding hydrogens is 212 g/mol. The van der Waals surface area contributed by atoms with Crippen molar-refractivity contribution in [3.63, 3.8) is 0 Å². The fourth-order valence-electron chi connectivity index (χ4n) is 2.28. The van der Waals surface area contributed by atoms with Gasteiger partial charge in [0.15, 0.2) is 0 Å². The molecule has 1 N–H and O–H groups in total. The van der Waals surface area contributed by atoms with E-state index in [2.05, 4.69) is 27.7 Å². The summed E-state index contributed by atoms with van der Waals surface area (Å²) in [7, 11) is 0. The molecule has 0 unspecified atom stereocenters. The average molecular weight is 228 g/mol. The zero-order valence-electron chi connectivity index (χ0n) is 10.6. The highest BCUT2D eigenvalue weighted by Gasteiger charge is 2.11. The van der Waals surface area contributed by atoms with Crippen LogP contribution in [-0.4, -0.2) is 11.1 Å². The molecule has 0 saturated carbocycles. The van der Waals surface area contributed by atoms with E-state index in [9.17, 15) is 4.79 Å². The SMILES string of the molecule is Cc1c(C)c(C)c2cc(C(=O)O)ccc2c1C. The van der Waals surface area contributed by atoms with Crippen LogP contribution in [0.1, 0.15) is 32.6 Å². The number of hydrogen-bond donors (Lipinski definition) is 1. The first-order chi connectivity index (χ1) is 7.93. The Hall–Kier alpha value is -1.83. The second-order valence-electron chi connectivity index (χ2n) is 4.57. The van der Waals surface area contributed by atoms with Gasteiger partial charge in [0.2, 0.25) is 0 Å². The quantitative estimate of drug-likeness (QED) is 0.806. The Balaban J connectivity index is 2.91. The van der Waals surface area contributed by atoms with E-state index in [0.29, 0.717) is 5.56 Å². The Bertz CT molecular complexity index is 625. The predicted octanol–water partition coefficient (Wildman–Crippen LogP) is 3.77. The largest absolute Gasteiger partial charge is 0.478 e. The lowest BCUT2D eigenvalue weighted by atomic mass is 9.91. The molecule has 2 nitrogen and oxygen atoms in total. The molecule has 2 heteroatoms. The maximum absolute atomic E-state index is 11.0. The smallest absolute Gasteiger partial charge is 0.335 e. The summed E-state index contributed by atoms with van der Waals surface area (Å²) in [5.41, 5.74) is 5.30. The molecule has 0 fully saturated rings. The molecule has 0 amide bonds. The molecular formula is C15H16O2. The van der Waals surface area contributed by atoms with E-state index >= 15 is 0 Å². The van der Waals surface area contributed by atoms with Crippen molar-refractivity contribution in [1.82, 2.24) is 0 Å². The van der Waals surface area contributed by atoms with Crippen molar-refractivity contribution in [1.29, 1.82) is 0 Å². The summed E-state index contributed by atoms with van der Waals surface area (Å²) >= 11 is 0. The monoisotopic (exact) mass is 228 g/mol. The van der Waals surface area contributed by atoms with E-state index in [1.165, 1.54) is 22.3 Å². The summed E-state index contributed by atoms with van der Waals surface area (Å²) in [6, 6.07) is 5.35. The topological polar surface area (TPSA) is 37.3 Å². The van der Waals surface area contributed by atoms with Crippen LogP contribution >= 0.6 is 0 Å². The molecule has 17 heavy (non-hydrogen) atoms. The molecule has 0 aliphatic rings. The Morgan fingerprint density at radius 3 is 1.94 bits per heavy atom. The van der Waals surface area contributed by atoms with Crippen LogP contribution in [0.4, 0.5) is 0 Å². The number of aromatic carboxylic acids is 1. The number of rotatable bonds is 1. The fraction of sp³-hybridized carbons (Fsp3) is 0.267. The lowest BCUT2D eigenvalue weighted by Gasteiger charge is -2.14. The first-order valence-corrected chi connectivity index (χ1v) is 5.67. The molecule has 0 radical (unpaired) electrons. The molecule has 0 atom stereocenters. The van der Waals surface area contributed by atoms with Crippen LogP contribution in [0.2, 0.25) is 0 Å². The van der Waals surface area contributed by atoms with Gasteiger partial charge in [0.25, 0.3) is 0 Å². The maximum Gasteiger partial charge on any atom is 0.335 e. The van der Waals surface area contributed by atoms with E-state index in [1.807, 2.05) is 6.07 Å². The molecule has 0 aliphatic heterocycles. The van der Waals surface area contributed by atoms with E-state index in [1.54, 1.807) is 12.1 Å². The highest BCUT2D eigenvalue weighted by Crippen LogP contribution is 2.29. The molecule has 0 saturated heterocycles. The van der Waals surface area contributed by atoms with Gasteiger partial charge in [-0.3, -0.25) is 0 Å². The van der Waals surface area contributed by atoms with Crippen LogP contribution in [0, 0.1) is 27.7 Å². The minimum absolute atomic E-state index is 0.350. The van der Waals surface area contributed by atoms with Gasteiger partial charge in [-0.2, -0.15) is 0 Å². The van der Waals surface area contributed by atoms with Gasteiger partial charge in [-0.05, 0) is 72.9 Å². The van der Waals surface area contributed by atoms with Gasteiger partial charge < -0.3 is 5.11 Å². The van der Waals surface area contributed by atoms with Crippen LogP contribution in [0.3, 0.4) is 0 Å². The summed E-state index contributed by atoms with van der Waals surface area (Å²) in [5, 5.41) is 11.2. The number of carbonyl (C=O) groups is 1. The van der Waals surface area contributed by atoms with E-state index in [0.717, 1.165) is 10.8 Å². The maximum atomic E-state index is 11.0. The molecule has 2 aromatic carbocycles. The molecule has 0 aromatic heterocycles. The minimum atomic E-state index is -0.873. The van der Waals surface area contributed by atoms with Gasteiger partial charge in [-0.1, -0.05) is 6.07 Å². The van der Waals surface area contributed by atoms with Crippen LogP contribution in [0.15, 0.2) is 18.2 Å². The molecule has 0 aliphatic carbocycles. The lowest BCUT2D eigenvalue weighted by molar-refractivity contribution is 0.0697. The van der Waals surface area contributed by atoms with Crippen molar-refractivity contribution >= 4 is 16.7 Å². The Morgan fingerprint density at radius 2 is 1.41 bits per heavy atom. The van der Waals surface area contributed by atoms with Gasteiger partial charge in [0, 0.05) is 0 Å². The van der Waals surface area contributed by atoms with Crippen molar-refractivity contribution in [2.45, 2.75) is 27.7 Å². The second-order valence-corrected chi connectivity index (χ2v) is 4.57. The van der Waals surface area contributed by atoms with Crippen molar-refractivity contribution in [2.75, 3.05) is 0 Å². The van der Waals surface area contributed by atoms with Gasteiger partial charge in [0.05, 0.1) is 5.56 Å². The third-order valence-electron chi connectivity index (χ3n) is 3.76. The molecule has 88 valence electrons. The highest BCUT2D eigenvalue weighted by molar-refractivity contribution is 5.97. The molecule has 2 aromatic rings. The third-order valence-corrected chi connectivity index (χ3v) is 3.76. The molecule has 0 spiro atoms. The zero-order chi connectivity index (χ0) is 12.7. The first kappa shape index (κ1) is 11.6. The first-order valence-electron chi connectivity index (χ1n) is 5.67. The van der Waals surface area contributed by atoms with Gasteiger partial charge in [-0.15, -0.1) is 0 Å². The van der Waals surface area contributed by atoms with Crippen molar-refractivity contribution < 1.29 is 9.90 Å². The van der Waals surface area contributed by atoms with Crippen LogP contribution < -0.4 is 0 Å². The van der Waals surface area contributed by atoms with Crippen molar-refractivity contribution in [3.05, 3.63) is 46.0 Å². The van der Waals surface area contributed by atoms with Crippen LogP contribution in [0.5, 0.6) is 0 Å². The normalized spacial score (nSPS) is 10.8. The van der Waals surface area contributed by atoms with Crippen LogP contribution in [0.25, 0.3) is 10.8 Å². The highest BCUT2D eigenvalue weighted by atomic mass is 16.4. The number of benzene rings is 2. The van der Waals surface area contributed by atoms with Gasteiger partial charge in [-0.25, -0.2) is 4.79 Å². The van der Waals surface area contributed by atoms with Gasteiger partial charge in [0.1, 0.15) is 0 Å². The summed E-state index contributed by atoms with van der Waals surface area (Å²) in [4.78, 5) is 11.0. The minimum Gasteiger partial charge on any atom is -0.478 e. The summed E-state index contributed by atoms with van der Waals surface area (Å²) in [6.07, 6.45) is 0. The van der Waals surface area contributed by atoms with Gasteiger partial charge >= 0.3 is 5.97 Å². The number of carboxylic acids is 1.